The molecule has 0 radical (unpaired) electrons. The van der Waals surface area contributed by atoms with E-state index in [1.807, 2.05) is 0 Å². The smallest absolute Gasteiger partial charge is 0.152 e. The van der Waals surface area contributed by atoms with Gasteiger partial charge in [-0.05, 0) is 38.0 Å². The van der Waals surface area contributed by atoms with Gasteiger partial charge >= 0.3 is 0 Å². The van der Waals surface area contributed by atoms with Crippen LogP contribution in [-0.4, -0.2) is 44.2 Å². The molecular formula is C13H23NO3S. The number of rotatable bonds is 0. The van der Waals surface area contributed by atoms with Crippen molar-refractivity contribution >= 4 is 9.84 Å². The largest absolute Gasteiger partial charge is 0.369 e. The van der Waals surface area contributed by atoms with E-state index in [4.69, 9.17) is 4.74 Å². The number of hydrogen-bond acceptors (Lipinski definition) is 4. The molecule has 5 heteroatoms. The quantitative estimate of drug-likeness (QED) is 0.718. The average Bonchev–Trinajstić information content (AvgIpc) is 2.33. The number of nitrogens with one attached hydrogen (secondary N) is 1. The highest BCUT2D eigenvalue weighted by Gasteiger charge is 2.46. The van der Waals surface area contributed by atoms with Crippen molar-refractivity contribution in [2.45, 2.75) is 56.8 Å². The van der Waals surface area contributed by atoms with Crippen LogP contribution < -0.4 is 5.32 Å². The molecule has 1 aliphatic carbocycles. The molecule has 3 aliphatic rings. The molecule has 1 spiro atoms. The van der Waals surface area contributed by atoms with E-state index in [1.165, 1.54) is 12.8 Å². The van der Waals surface area contributed by atoms with Crippen molar-refractivity contribution in [2.75, 3.05) is 18.1 Å². The standard InChI is InChI=1S/C13H23NO3S/c1-10-2-5-13(6-3-10)9-14-11-8-18(15,16)7-4-12(11)17-13/h10-12,14H,2-9H2,1H3. The molecule has 2 atom stereocenters. The predicted octanol–water partition coefficient (Wildman–Crippen LogP) is 1.11. The van der Waals surface area contributed by atoms with Gasteiger partial charge in [0.15, 0.2) is 9.84 Å². The molecule has 4 nitrogen and oxygen atoms in total. The first kappa shape index (κ1) is 12.9. The summed E-state index contributed by atoms with van der Waals surface area (Å²) in [5.41, 5.74) is -0.00518. The molecular weight excluding hydrogens is 250 g/mol. The molecule has 0 bridgehead atoms. The Kier molecular flexibility index (Phi) is 3.19. The van der Waals surface area contributed by atoms with Crippen LogP contribution in [0.2, 0.25) is 0 Å². The second-order valence-corrected chi connectivity index (χ2v) is 8.64. The number of ether oxygens (including phenoxy) is 1. The van der Waals surface area contributed by atoms with Crippen molar-refractivity contribution in [2.24, 2.45) is 5.92 Å². The summed E-state index contributed by atoms with van der Waals surface area (Å²) in [7, 11) is -2.85. The average molecular weight is 273 g/mol. The summed E-state index contributed by atoms with van der Waals surface area (Å²) in [5, 5.41) is 3.45. The van der Waals surface area contributed by atoms with E-state index >= 15 is 0 Å². The lowest BCUT2D eigenvalue weighted by molar-refractivity contribution is -0.153. The fourth-order valence-electron chi connectivity index (χ4n) is 3.56. The lowest BCUT2D eigenvalue weighted by Gasteiger charge is -2.49. The van der Waals surface area contributed by atoms with E-state index in [9.17, 15) is 8.42 Å². The molecule has 1 N–H and O–H groups in total. The van der Waals surface area contributed by atoms with Gasteiger partial charge in [0, 0.05) is 12.6 Å². The van der Waals surface area contributed by atoms with Crippen LogP contribution in [0.3, 0.4) is 0 Å². The van der Waals surface area contributed by atoms with Crippen LogP contribution >= 0.6 is 0 Å². The fourth-order valence-corrected chi connectivity index (χ4v) is 5.19. The third-order valence-corrected chi connectivity index (χ3v) is 6.59. The summed E-state index contributed by atoms with van der Waals surface area (Å²) < 4.78 is 29.6. The summed E-state index contributed by atoms with van der Waals surface area (Å²) >= 11 is 0. The molecule has 0 aromatic heterocycles. The molecule has 2 heterocycles. The maximum Gasteiger partial charge on any atom is 0.152 e. The number of morpholine rings is 1. The summed E-state index contributed by atoms with van der Waals surface area (Å²) in [5.74, 6) is 1.36. The molecule has 0 amide bonds. The summed E-state index contributed by atoms with van der Waals surface area (Å²) in [6, 6.07) is 0.0220. The van der Waals surface area contributed by atoms with Crippen LogP contribution in [0.4, 0.5) is 0 Å². The van der Waals surface area contributed by atoms with Crippen LogP contribution in [0, 0.1) is 5.92 Å². The highest BCUT2D eigenvalue weighted by atomic mass is 32.2. The van der Waals surface area contributed by atoms with Gasteiger partial charge in [-0.3, -0.25) is 0 Å². The summed E-state index contributed by atoms with van der Waals surface area (Å²) in [6.07, 6.45) is 5.48. The predicted molar refractivity (Wildman–Crippen MR) is 70.3 cm³/mol. The zero-order chi connectivity index (χ0) is 12.8. The number of hydrogen-bond donors (Lipinski definition) is 1. The van der Waals surface area contributed by atoms with Crippen molar-refractivity contribution in [3.63, 3.8) is 0 Å². The summed E-state index contributed by atoms with van der Waals surface area (Å²) in [6.45, 7) is 3.13. The molecule has 0 aromatic rings. The first-order valence-electron chi connectivity index (χ1n) is 7.10. The van der Waals surface area contributed by atoms with Crippen LogP contribution in [0.1, 0.15) is 39.0 Å². The third kappa shape index (κ3) is 2.45. The molecule has 3 rings (SSSR count). The van der Waals surface area contributed by atoms with Gasteiger partial charge in [-0.25, -0.2) is 8.42 Å². The van der Waals surface area contributed by atoms with Gasteiger partial charge < -0.3 is 10.1 Å². The van der Waals surface area contributed by atoms with E-state index in [2.05, 4.69) is 12.2 Å². The van der Waals surface area contributed by atoms with E-state index in [0.29, 0.717) is 12.2 Å². The van der Waals surface area contributed by atoms with Crippen molar-refractivity contribution in [1.82, 2.24) is 5.32 Å². The van der Waals surface area contributed by atoms with E-state index in [-0.39, 0.29) is 23.5 Å². The topological polar surface area (TPSA) is 55.4 Å². The Morgan fingerprint density at radius 1 is 1.22 bits per heavy atom. The Labute approximate surface area is 109 Å². The van der Waals surface area contributed by atoms with Gasteiger partial charge in [-0.2, -0.15) is 0 Å². The molecule has 18 heavy (non-hydrogen) atoms. The van der Waals surface area contributed by atoms with Crippen LogP contribution in [0.25, 0.3) is 0 Å². The SMILES string of the molecule is CC1CCC2(CC1)CNC1CS(=O)(=O)CCC1O2. The van der Waals surface area contributed by atoms with Crippen molar-refractivity contribution in [3.05, 3.63) is 0 Å². The first-order chi connectivity index (χ1) is 8.48. The maximum atomic E-state index is 11.6. The van der Waals surface area contributed by atoms with Crippen molar-refractivity contribution < 1.29 is 13.2 Å². The molecule has 2 aliphatic heterocycles. The Morgan fingerprint density at radius 2 is 1.94 bits per heavy atom. The van der Waals surface area contributed by atoms with Gasteiger partial charge in [0.1, 0.15) is 0 Å². The minimum atomic E-state index is -2.85. The van der Waals surface area contributed by atoms with Gasteiger partial charge in [0.05, 0.1) is 23.2 Å². The maximum absolute atomic E-state index is 11.6. The van der Waals surface area contributed by atoms with Gasteiger partial charge in [-0.15, -0.1) is 0 Å². The highest BCUT2D eigenvalue weighted by Crippen LogP contribution is 2.38. The van der Waals surface area contributed by atoms with Crippen LogP contribution in [0.15, 0.2) is 0 Å². The first-order valence-corrected chi connectivity index (χ1v) is 8.92. The summed E-state index contributed by atoms with van der Waals surface area (Å²) in [4.78, 5) is 0. The van der Waals surface area contributed by atoms with Crippen molar-refractivity contribution in [1.29, 1.82) is 0 Å². The Morgan fingerprint density at radius 3 is 2.67 bits per heavy atom. The van der Waals surface area contributed by atoms with Gasteiger partial charge in [0.2, 0.25) is 0 Å². The second kappa shape index (κ2) is 4.46. The zero-order valence-corrected chi connectivity index (χ0v) is 11.8. The molecule has 1 saturated carbocycles. The second-order valence-electron chi connectivity index (χ2n) is 6.41. The van der Waals surface area contributed by atoms with Gasteiger partial charge in [0.25, 0.3) is 0 Å². The Hall–Kier alpha value is -0.130. The lowest BCUT2D eigenvalue weighted by atomic mass is 9.78. The third-order valence-electron chi connectivity index (χ3n) is 4.87. The van der Waals surface area contributed by atoms with Crippen LogP contribution in [0.5, 0.6) is 0 Å². The molecule has 2 saturated heterocycles. The van der Waals surface area contributed by atoms with E-state index in [1.54, 1.807) is 0 Å². The van der Waals surface area contributed by atoms with E-state index < -0.39 is 9.84 Å². The normalized spacial score (nSPS) is 47.7. The highest BCUT2D eigenvalue weighted by molar-refractivity contribution is 7.91. The number of sulfone groups is 1. The van der Waals surface area contributed by atoms with Gasteiger partial charge in [-0.1, -0.05) is 6.92 Å². The van der Waals surface area contributed by atoms with Crippen molar-refractivity contribution in [3.8, 4) is 0 Å². The molecule has 3 fully saturated rings. The molecule has 2 unspecified atom stereocenters. The Bertz CT molecular complexity index is 412. The number of fused-ring (bicyclic) bond motifs is 1. The Balaban J connectivity index is 1.68. The fraction of sp³-hybridized carbons (Fsp3) is 1.00. The lowest BCUT2D eigenvalue weighted by Crippen LogP contribution is -2.63. The molecule has 0 aromatic carbocycles. The monoisotopic (exact) mass is 273 g/mol. The minimum Gasteiger partial charge on any atom is -0.369 e. The van der Waals surface area contributed by atoms with Crippen LogP contribution in [-0.2, 0) is 14.6 Å². The zero-order valence-electron chi connectivity index (χ0n) is 11.0. The molecule has 104 valence electrons. The van der Waals surface area contributed by atoms with E-state index in [0.717, 1.165) is 25.3 Å². The minimum absolute atomic E-state index is 0.00518.